The van der Waals surface area contributed by atoms with E-state index in [4.69, 9.17) is 4.98 Å². The van der Waals surface area contributed by atoms with Crippen LogP contribution in [-0.2, 0) is 0 Å². The fraction of sp³-hybridized carbons (Fsp3) is 0. The fourth-order valence-electron chi connectivity index (χ4n) is 3.46. The highest BCUT2D eigenvalue weighted by atomic mass is 19.1. The summed E-state index contributed by atoms with van der Waals surface area (Å²) in [5, 5.41) is 19.2. The zero-order chi connectivity index (χ0) is 20.0. The summed E-state index contributed by atoms with van der Waals surface area (Å²) < 4.78 is 14.1. The Morgan fingerprint density at radius 3 is 2.79 bits per heavy atom. The molecule has 0 spiro atoms. The molecule has 0 amide bonds. The Morgan fingerprint density at radius 2 is 1.93 bits per heavy atom. The largest absolute Gasteiger partial charge is 0.340 e. The third kappa shape index (κ3) is 2.86. The van der Waals surface area contributed by atoms with Gasteiger partial charge in [-0.1, -0.05) is 24.8 Å². The molecule has 0 saturated heterocycles. The first kappa shape index (κ1) is 16.9. The van der Waals surface area contributed by atoms with Gasteiger partial charge < -0.3 is 5.32 Å². The van der Waals surface area contributed by atoms with Crippen molar-refractivity contribution in [1.29, 1.82) is 5.26 Å². The van der Waals surface area contributed by atoms with Crippen LogP contribution in [0.15, 0.2) is 66.9 Å². The summed E-state index contributed by atoms with van der Waals surface area (Å²) in [5.74, 6) is 0.216. The predicted molar refractivity (Wildman–Crippen MR) is 111 cm³/mol. The normalized spacial score (nSPS) is 12.5. The minimum Gasteiger partial charge on any atom is -0.340 e. The van der Waals surface area contributed by atoms with Crippen molar-refractivity contribution in [3.05, 3.63) is 84.0 Å². The lowest BCUT2D eigenvalue weighted by molar-refractivity contribution is 0.588. The maximum atomic E-state index is 14.1. The van der Waals surface area contributed by atoms with Gasteiger partial charge >= 0.3 is 0 Å². The van der Waals surface area contributed by atoms with Crippen LogP contribution in [0, 0.1) is 17.3 Å². The number of halogens is 1. The molecular formula is C23H14FN5. The molecule has 5 rings (SSSR count). The molecule has 1 aliphatic rings. The Labute approximate surface area is 165 Å². The third-order valence-corrected chi connectivity index (χ3v) is 4.88. The molecule has 0 aliphatic carbocycles. The number of aromatic nitrogens is 3. The van der Waals surface area contributed by atoms with Crippen molar-refractivity contribution < 1.29 is 4.39 Å². The summed E-state index contributed by atoms with van der Waals surface area (Å²) in [6.45, 7) is 3.93. The van der Waals surface area contributed by atoms with Gasteiger partial charge in [0.25, 0.3) is 0 Å². The Hall–Kier alpha value is -4.24. The van der Waals surface area contributed by atoms with Gasteiger partial charge in [0.05, 0.1) is 28.2 Å². The van der Waals surface area contributed by atoms with Crippen molar-refractivity contribution in [3.8, 4) is 28.5 Å². The van der Waals surface area contributed by atoms with Gasteiger partial charge in [0.1, 0.15) is 5.82 Å². The molecule has 0 atom stereocenters. The van der Waals surface area contributed by atoms with E-state index in [-0.39, 0.29) is 0 Å². The Balaban J connectivity index is 1.78. The van der Waals surface area contributed by atoms with Crippen LogP contribution < -0.4 is 5.32 Å². The molecule has 4 aromatic rings. The number of hydrogen-bond donors (Lipinski definition) is 2. The molecular weight excluding hydrogens is 365 g/mol. The summed E-state index contributed by atoms with van der Waals surface area (Å²) in [6.07, 6.45) is 3.82. The first-order valence-electron chi connectivity index (χ1n) is 8.96. The van der Waals surface area contributed by atoms with Gasteiger partial charge in [0.2, 0.25) is 5.95 Å². The second-order valence-corrected chi connectivity index (χ2v) is 6.77. The third-order valence-electron chi connectivity index (χ3n) is 4.88. The van der Waals surface area contributed by atoms with Gasteiger partial charge in [-0.25, -0.2) is 4.98 Å². The van der Waals surface area contributed by atoms with Gasteiger partial charge in [-0.15, -0.1) is 0 Å². The molecule has 0 unspecified atom stereocenters. The predicted octanol–water partition coefficient (Wildman–Crippen LogP) is 5.26. The zero-order valence-electron chi connectivity index (χ0n) is 15.2. The quantitative estimate of drug-likeness (QED) is 0.498. The number of nitriles is 1. The summed E-state index contributed by atoms with van der Waals surface area (Å²) >= 11 is 0. The first-order chi connectivity index (χ1) is 14.1. The summed E-state index contributed by atoms with van der Waals surface area (Å²) in [6, 6.07) is 16.9. The van der Waals surface area contributed by atoms with Crippen molar-refractivity contribution in [2.45, 2.75) is 0 Å². The van der Waals surface area contributed by atoms with Gasteiger partial charge in [-0.3, -0.25) is 5.10 Å². The Bertz CT molecular complexity index is 1370. The second kappa shape index (κ2) is 6.43. The first-order valence-corrected chi connectivity index (χ1v) is 8.96. The number of H-pyrrole nitrogens is 1. The van der Waals surface area contributed by atoms with Crippen LogP contribution in [0.25, 0.3) is 39.4 Å². The van der Waals surface area contributed by atoms with Gasteiger partial charge in [-0.05, 0) is 48.0 Å². The molecule has 2 aromatic heterocycles. The summed E-state index contributed by atoms with van der Waals surface area (Å²) in [5.41, 5.74) is 5.89. The van der Waals surface area contributed by atoms with Crippen molar-refractivity contribution >= 4 is 22.8 Å². The number of benzene rings is 2. The highest BCUT2D eigenvalue weighted by Crippen LogP contribution is 2.37. The molecule has 0 fully saturated rings. The number of allylic oxidation sites excluding steroid dienone is 1. The maximum Gasteiger partial charge on any atom is 0.216 e. The van der Waals surface area contributed by atoms with E-state index in [0.29, 0.717) is 28.0 Å². The summed E-state index contributed by atoms with van der Waals surface area (Å²) in [7, 11) is 0. The van der Waals surface area contributed by atoms with E-state index < -0.39 is 5.95 Å². The minimum atomic E-state index is -0.473. The van der Waals surface area contributed by atoms with Crippen LogP contribution >= 0.6 is 0 Å². The standard InChI is InChI=1S/C23H14FN5/c1-13-5-6-17-11-18(15-7-8-20-19(10-15)22(24)29-28-20)21(27-23(17)26-13)16-4-2-3-14(9-16)12-25/h2-11H,1H2,(H,26,27)(H,28,29). The molecule has 2 aromatic carbocycles. The molecule has 5 nitrogen and oxygen atoms in total. The smallest absolute Gasteiger partial charge is 0.216 e. The number of fused-ring (bicyclic) bond motifs is 2. The highest BCUT2D eigenvalue weighted by molar-refractivity contribution is 5.91. The molecule has 0 saturated carbocycles. The van der Waals surface area contributed by atoms with Crippen molar-refractivity contribution in [1.82, 2.24) is 15.2 Å². The van der Waals surface area contributed by atoms with Crippen molar-refractivity contribution in [2.24, 2.45) is 0 Å². The zero-order valence-corrected chi connectivity index (χ0v) is 15.2. The van der Waals surface area contributed by atoms with Gasteiger partial charge in [-0.2, -0.15) is 14.8 Å². The summed E-state index contributed by atoms with van der Waals surface area (Å²) in [4.78, 5) is 4.83. The number of aromatic amines is 1. The lowest BCUT2D eigenvalue weighted by Gasteiger charge is -2.18. The van der Waals surface area contributed by atoms with Gasteiger partial charge in [0, 0.05) is 22.4 Å². The molecule has 29 heavy (non-hydrogen) atoms. The van der Waals surface area contributed by atoms with E-state index in [1.807, 2.05) is 36.4 Å². The van der Waals surface area contributed by atoms with E-state index in [9.17, 15) is 9.65 Å². The number of nitrogens with zero attached hydrogens (tertiary/aromatic N) is 3. The number of anilines is 1. The van der Waals surface area contributed by atoms with Crippen LogP contribution in [0.4, 0.5) is 10.2 Å². The van der Waals surface area contributed by atoms with E-state index in [1.165, 1.54) is 0 Å². The average molecular weight is 379 g/mol. The highest BCUT2D eigenvalue weighted by Gasteiger charge is 2.17. The monoisotopic (exact) mass is 379 g/mol. The molecule has 2 N–H and O–H groups in total. The van der Waals surface area contributed by atoms with E-state index >= 15 is 0 Å². The molecule has 0 radical (unpaired) electrons. The minimum absolute atomic E-state index is 0.416. The molecule has 0 bridgehead atoms. The number of pyridine rings is 1. The van der Waals surface area contributed by atoms with Crippen molar-refractivity contribution in [3.63, 3.8) is 0 Å². The van der Waals surface area contributed by atoms with Gasteiger partial charge in [0.15, 0.2) is 0 Å². The molecule has 1 aliphatic heterocycles. The van der Waals surface area contributed by atoms with E-state index in [1.54, 1.807) is 24.3 Å². The van der Waals surface area contributed by atoms with Crippen LogP contribution in [0.5, 0.6) is 0 Å². The molecule has 3 heterocycles. The SMILES string of the molecule is C=C1C=Cc2cc(-c3ccc4n[nH]c(F)c4c3)c(-c3cccc(C#N)c3)nc2N1. The lowest BCUT2D eigenvalue weighted by atomic mass is 9.95. The fourth-order valence-corrected chi connectivity index (χ4v) is 3.46. The Morgan fingerprint density at radius 1 is 1.03 bits per heavy atom. The topological polar surface area (TPSA) is 77.4 Å². The average Bonchev–Trinajstić information content (AvgIpc) is 3.13. The number of rotatable bonds is 2. The van der Waals surface area contributed by atoms with Crippen LogP contribution in [0.1, 0.15) is 11.1 Å². The molecule has 6 heteroatoms. The number of nitrogens with one attached hydrogen (secondary N) is 2. The van der Waals surface area contributed by atoms with Crippen LogP contribution in [-0.4, -0.2) is 15.2 Å². The van der Waals surface area contributed by atoms with E-state index in [2.05, 4.69) is 28.2 Å². The van der Waals surface area contributed by atoms with Crippen LogP contribution in [0.2, 0.25) is 0 Å². The number of hydrogen-bond acceptors (Lipinski definition) is 4. The van der Waals surface area contributed by atoms with E-state index in [0.717, 1.165) is 28.0 Å². The second-order valence-electron chi connectivity index (χ2n) is 6.77. The van der Waals surface area contributed by atoms with Crippen LogP contribution in [0.3, 0.4) is 0 Å². The Kier molecular flexibility index (Phi) is 3.75. The van der Waals surface area contributed by atoms with Crippen molar-refractivity contribution in [2.75, 3.05) is 5.32 Å². The molecule has 138 valence electrons. The lowest BCUT2D eigenvalue weighted by Crippen LogP contribution is -2.06. The maximum absolute atomic E-state index is 14.1.